The van der Waals surface area contributed by atoms with Gasteiger partial charge in [0.1, 0.15) is 6.04 Å². The van der Waals surface area contributed by atoms with Crippen LogP contribution >= 0.6 is 11.8 Å². The van der Waals surface area contributed by atoms with Gasteiger partial charge in [-0.25, -0.2) is 4.79 Å². The van der Waals surface area contributed by atoms with Crippen molar-refractivity contribution >= 4 is 29.3 Å². The maximum Gasteiger partial charge on any atom is 0.326 e. The fraction of sp³-hybridized carbons (Fsp3) is 0.459. The number of aliphatic carboxylic acids is 1. The lowest BCUT2D eigenvalue weighted by molar-refractivity contribution is -0.139. The zero-order chi connectivity index (χ0) is 30.0. The molecule has 3 aromatic carbocycles. The van der Waals surface area contributed by atoms with E-state index >= 15 is 0 Å². The largest absolute Gasteiger partial charge is 0.480 e. The first kappa shape index (κ1) is 29.8. The number of rotatable bonds is 12. The van der Waals surface area contributed by atoms with Crippen LogP contribution in [0.3, 0.4) is 0 Å². The third-order valence-corrected chi connectivity index (χ3v) is 10.8. The van der Waals surface area contributed by atoms with Gasteiger partial charge in [-0.05, 0) is 134 Å². The van der Waals surface area contributed by atoms with Crippen molar-refractivity contribution in [3.8, 4) is 11.1 Å². The molecule has 2 N–H and O–H groups in total. The molecule has 5 nitrogen and oxygen atoms in total. The molecular formula is C37H44N2O3S. The van der Waals surface area contributed by atoms with E-state index < -0.39 is 12.0 Å². The number of nitrogens with zero attached hydrogens (tertiary/aromatic N) is 1. The minimum absolute atomic E-state index is 0.341. The van der Waals surface area contributed by atoms with E-state index in [0.29, 0.717) is 23.2 Å². The number of carboxylic acids is 1. The van der Waals surface area contributed by atoms with Crippen molar-refractivity contribution in [2.75, 3.05) is 23.5 Å². The molecule has 226 valence electrons. The maximum absolute atomic E-state index is 13.6. The van der Waals surface area contributed by atoms with Gasteiger partial charge in [-0.1, -0.05) is 48.5 Å². The van der Waals surface area contributed by atoms with Gasteiger partial charge in [0.05, 0.1) is 0 Å². The van der Waals surface area contributed by atoms with Crippen molar-refractivity contribution in [2.24, 2.45) is 23.2 Å². The number of carboxylic acid groups (broad SMARTS) is 1. The van der Waals surface area contributed by atoms with E-state index in [1.165, 1.54) is 44.2 Å². The molecular weight excluding hydrogens is 552 g/mol. The Balaban J connectivity index is 1.32. The Labute approximate surface area is 260 Å². The molecule has 0 aromatic heterocycles. The first-order valence-electron chi connectivity index (χ1n) is 15.8. The Bertz CT molecular complexity index is 1420. The van der Waals surface area contributed by atoms with Crippen molar-refractivity contribution in [3.05, 3.63) is 89.5 Å². The molecule has 1 unspecified atom stereocenters. The molecule has 3 aromatic rings. The lowest BCUT2D eigenvalue weighted by Crippen LogP contribution is -2.51. The summed E-state index contributed by atoms with van der Waals surface area (Å²) in [4.78, 5) is 28.1. The number of anilines is 1. The average molecular weight is 597 g/mol. The molecule has 1 atom stereocenters. The van der Waals surface area contributed by atoms with Crippen LogP contribution in [0.5, 0.6) is 0 Å². The Morgan fingerprint density at radius 1 is 0.930 bits per heavy atom. The number of carbonyl (C=O) groups excluding carboxylic acids is 1. The third-order valence-electron chi connectivity index (χ3n) is 10.2. The van der Waals surface area contributed by atoms with Crippen LogP contribution < -0.4 is 10.2 Å². The van der Waals surface area contributed by atoms with Crippen molar-refractivity contribution in [3.63, 3.8) is 0 Å². The predicted octanol–water partition coefficient (Wildman–Crippen LogP) is 7.82. The predicted molar refractivity (Wildman–Crippen MR) is 177 cm³/mol. The van der Waals surface area contributed by atoms with Crippen LogP contribution in [-0.4, -0.2) is 41.6 Å². The lowest BCUT2D eigenvalue weighted by atomic mass is 9.49. The normalized spacial score (nSPS) is 24.5. The second kappa shape index (κ2) is 12.8. The highest BCUT2D eigenvalue weighted by Gasteiger charge is 2.51. The Hall–Kier alpha value is -3.25. The maximum atomic E-state index is 13.6. The van der Waals surface area contributed by atoms with E-state index in [1.54, 1.807) is 11.8 Å². The fourth-order valence-corrected chi connectivity index (χ4v) is 9.17. The van der Waals surface area contributed by atoms with Gasteiger partial charge in [-0.2, -0.15) is 11.8 Å². The average Bonchev–Trinajstić information content (AvgIpc) is 2.98. The summed E-state index contributed by atoms with van der Waals surface area (Å²) in [6, 6.07) is 24.1. The van der Waals surface area contributed by atoms with E-state index in [-0.39, 0.29) is 5.91 Å². The number of thioether (sulfide) groups is 1. The first-order chi connectivity index (χ1) is 20.8. The number of benzene rings is 3. The van der Waals surface area contributed by atoms with Crippen LogP contribution in [0.25, 0.3) is 11.1 Å². The number of aryl methyl sites for hydroxylation is 1. The number of nitrogens with one attached hydrogen (secondary N) is 1. The van der Waals surface area contributed by atoms with Gasteiger partial charge >= 0.3 is 5.97 Å². The Kier molecular flexibility index (Phi) is 8.85. The van der Waals surface area contributed by atoms with Crippen LogP contribution in [0.1, 0.15) is 66.4 Å². The highest BCUT2D eigenvalue weighted by molar-refractivity contribution is 7.98. The molecule has 4 aliphatic rings. The molecule has 4 fully saturated rings. The molecule has 1 amide bonds. The van der Waals surface area contributed by atoms with Crippen molar-refractivity contribution in [2.45, 2.75) is 64.5 Å². The second-order valence-electron chi connectivity index (χ2n) is 13.4. The first-order valence-corrected chi connectivity index (χ1v) is 17.2. The molecule has 4 aliphatic carbocycles. The van der Waals surface area contributed by atoms with E-state index in [1.807, 2.05) is 24.5 Å². The summed E-state index contributed by atoms with van der Waals surface area (Å²) in [5, 5.41) is 12.6. The van der Waals surface area contributed by atoms with Crippen LogP contribution in [0.4, 0.5) is 5.69 Å². The Morgan fingerprint density at radius 2 is 1.58 bits per heavy atom. The molecule has 0 radical (unpaired) electrons. The number of carbonyl (C=O) groups is 2. The molecule has 4 saturated carbocycles. The molecule has 0 spiro atoms. The number of para-hydroxylation sites is 1. The van der Waals surface area contributed by atoms with Crippen molar-refractivity contribution in [1.82, 2.24) is 5.32 Å². The summed E-state index contributed by atoms with van der Waals surface area (Å²) < 4.78 is 0. The van der Waals surface area contributed by atoms with Gasteiger partial charge in [0.25, 0.3) is 5.91 Å². The summed E-state index contributed by atoms with van der Waals surface area (Å²) in [7, 11) is 0. The van der Waals surface area contributed by atoms with Gasteiger partial charge in [0.15, 0.2) is 0 Å². The van der Waals surface area contributed by atoms with E-state index in [0.717, 1.165) is 53.1 Å². The fourth-order valence-electron chi connectivity index (χ4n) is 8.70. The van der Waals surface area contributed by atoms with Crippen LogP contribution in [0.15, 0.2) is 72.8 Å². The number of hydrogen-bond donors (Lipinski definition) is 2. The Morgan fingerprint density at radius 3 is 2.21 bits per heavy atom. The molecule has 0 heterocycles. The summed E-state index contributed by atoms with van der Waals surface area (Å²) in [6.07, 6.45) is 10.7. The SMILES string of the molecule is CSCCC(NC(=O)c1ccc(CN(CC23CC4CC(CC(C4)C2)C3)c2ccccc2)cc1-c1ccccc1C)C(=O)O. The second-order valence-corrected chi connectivity index (χ2v) is 14.4. The number of amides is 1. The monoisotopic (exact) mass is 596 g/mol. The van der Waals surface area contributed by atoms with Crippen LogP contribution in [-0.2, 0) is 11.3 Å². The van der Waals surface area contributed by atoms with Gasteiger partial charge in [-0.3, -0.25) is 4.79 Å². The summed E-state index contributed by atoms with van der Waals surface area (Å²) in [5.74, 6) is 2.03. The smallest absolute Gasteiger partial charge is 0.326 e. The van der Waals surface area contributed by atoms with Crippen LogP contribution in [0, 0.1) is 30.1 Å². The topological polar surface area (TPSA) is 69.6 Å². The summed E-state index contributed by atoms with van der Waals surface area (Å²) in [5.41, 5.74) is 6.24. The van der Waals surface area contributed by atoms with Crippen molar-refractivity contribution in [1.29, 1.82) is 0 Å². The number of hydrogen-bond acceptors (Lipinski definition) is 4. The van der Waals surface area contributed by atoms with Gasteiger partial charge < -0.3 is 15.3 Å². The molecule has 0 saturated heterocycles. The van der Waals surface area contributed by atoms with Gasteiger partial charge in [-0.15, -0.1) is 0 Å². The zero-order valence-electron chi connectivity index (χ0n) is 25.4. The molecule has 6 heteroatoms. The van der Waals surface area contributed by atoms with Gasteiger partial charge in [0.2, 0.25) is 0 Å². The van der Waals surface area contributed by atoms with Crippen LogP contribution in [0.2, 0.25) is 0 Å². The van der Waals surface area contributed by atoms with Gasteiger partial charge in [0, 0.05) is 24.3 Å². The van der Waals surface area contributed by atoms with E-state index in [2.05, 4.69) is 71.7 Å². The lowest BCUT2D eigenvalue weighted by Gasteiger charge is -2.58. The summed E-state index contributed by atoms with van der Waals surface area (Å²) in [6.45, 7) is 3.89. The minimum atomic E-state index is -1.00. The van der Waals surface area contributed by atoms with E-state index in [4.69, 9.17) is 0 Å². The highest BCUT2D eigenvalue weighted by Crippen LogP contribution is 2.60. The minimum Gasteiger partial charge on any atom is -0.480 e. The molecule has 7 rings (SSSR count). The summed E-state index contributed by atoms with van der Waals surface area (Å²) >= 11 is 1.58. The zero-order valence-corrected chi connectivity index (χ0v) is 26.2. The standard InChI is InChI=1S/C37H44N2O3S/c1-25-8-6-7-11-31(25)33-19-26(12-13-32(33)35(40)38-34(36(41)42)14-15-43-2)23-39(30-9-4-3-5-10-30)24-37-20-27-16-28(21-37)18-29(17-27)22-37/h3-13,19,27-29,34H,14-18,20-24H2,1-2H3,(H,38,40)(H,41,42). The van der Waals surface area contributed by atoms with Crippen molar-refractivity contribution < 1.29 is 14.7 Å². The molecule has 0 aliphatic heterocycles. The third kappa shape index (κ3) is 6.64. The quantitative estimate of drug-likeness (QED) is 0.223. The van der Waals surface area contributed by atoms with E-state index in [9.17, 15) is 14.7 Å². The molecule has 4 bridgehead atoms. The molecule has 43 heavy (non-hydrogen) atoms. The highest BCUT2D eigenvalue weighted by atomic mass is 32.2.